The molecule has 1 aromatic heterocycles. The van der Waals surface area contributed by atoms with E-state index < -0.39 is 17.4 Å². The van der Waals surface area contributed by atoms with E-state index in [1.807, 2.05) is 0 Å². The number of hydrogen-bond acceptors (Lipinski definition) is 4. The Morgan fingerprint density at radius 1 is 0.966 bits per heavy atom. The fourth-order valence-electron chi connectivity index (χ4n) is 3.05. The van der Waals surface area contributed by atoms with Gasteiger partial charge in [-0.15, -0.1) is 0 Å². The molecule has 1 heterocycles. The van der Waals surface area contributed by atoms with Crippen LogP contribution in [0.25, 0.3) is 11.1 Å². The molecule has 7 heteroatoms. The van der Waals surface area contributed by atoms with Crippen LogP contribution in [0.1, 0.15) is 26.3 Å². The maximum absolute atomic E-state index is 13.4. The van der Waals surface area contributed by atoms with Gasteiger partial charge in [0.25, 0.3) is 0 Å². The van der Waals surface area contributed by atoms with Gasteiger partial charge in [-0.1, -0.05) is 54.1 Å². The summed E-state index contributed by atoms with van der Waals surface area (Å²) in [5.74, 6) is -2.07. The topological polar surface area (TPSA) is 69.3 Å². The molecular formula is C22H13ClFNO4. The minimum absolute atomic E-state index is 0.0634. The molecule has 0 N–H and O–H groups in total. The van der Waals surface area contributed by atoms with Crippen molar-refractivity contribution in [1.29, 1.82) is 0 Å². The van der Waals surface area contributed by atoms with Crippen LogP contribution in [0.3, 0.4) is 0 Å². The van der Waals surface area contributed by atoms with Gasteiger partial charge in [-0.05, 0) is 24.3 Å². The van der Waals surface area contributed by atoms with Crippen LogP contribution in [0.4, 0.5) is 4.39 Å². The standard InChI is InChI=1S/C22H13ClFNO4/c23-17-11-18-20(10-16(17)21(27)14-7-4-8-15(24)9-14)29-22(28)25(18)12-19(26)13-5-2-1-3-6-13/h1-11H,12H2. The van der Waals surface area contributed by atoms with E-state index in [1.165, 1.54) is 30.3 Å². The van der Waals surface area contributed by atoms with E-state index in [4.69, 9.17) is 16.0 Å². The van der Waals surface area contributed by atoms with Crippen molar-refractivity contribution in [2.24, 2.45) is 0 Å². The second-order valence-corrected chi connectivity index (χ2v) is 6.79. The quantitative estimate of drug-likeness (QED) is 0.455. The van der Waals surface area contributed by atoms with E-state index in [1.54, 1.807) is 30.3 Å². The average Bonchev–Trinajstić information content (AvgIpc) is 3.02. The van der Waals surface area contributed by atoms with Crippen molar-refractivity contribution >= 4 is 34.3 Å². The first kappa shape index (κ1) is 18.8. The van der Waals surface area contributed by atoms with E-state index in [2.05, 4.69) is 0 Å². The van der Waals surface area contributed by atoms with Gasteiger partial charge in [0.1, 0.15) is 5.82 Å². The van der Waals surface area contributed by atoms with Crippen LogP contribution in [0.15, 0.2) is 75.9 Å². The fraction of sp³-hybridized carbons (Fsp3) is 0.0455. The summed E-state index contributed by atoms with van der Waals surface area (Å²) in [4.78, 5) is 37.4. The molecule has 0 aliphatic heterocycles. The van der Waals surface area contributed by atoms with E-state index in [0.29, 0.717) is 11.1 Å². The van der Waals surface area contributed by atoms with E-state index >= 15 is 0 Å². The molecule has 0 spiro atoms. The first-order valence-electron chi connectivity index (χ1n) is 8.65. The van der Waals surface area contributed by atoms with Crippen LogP contribution in [0, 0.1) is 5.82 Å². The van der Waals surface area contributed by atoms with Crippen molar-refractivity contribution in [3.8, 4) is 0 Å². The smallest absolute Gasteiger partial charge is 0.408 e. The van der Waals surface area contributed by atoms with Crippen LogP contribution in [-0.2, 0) is 6.54 Å². The minimum Gasteiger partial charge on any atom is -0.408 e. The molecule has 0 aliphatic carbocycles. The number of aromatic nitrogens is 1. The number of ketones is 2. The van der Waals surface area contributed by atoms with Gasteiger partial charge in [0.2, 0.25) is 0 Å². The van der Waals surface area contributed by atoms with Gasteiger partial charge in [0, 0.05) is 16.7 Å². The summed E-state index contributed by atoms with van der Waals surface area (Å²) in [6.45, 7) is -0.233. The van der Waals surface area contributed by atoms with Gasteiger partial charge in [-0.25, -0.2) is 9.18 Å². The average molecular weight is 410 g/mol. The Hall–Kier alpha value is -3.51. The van der Waals surface area contributed by atoms with Crippen molar-refractivity contribution in [1.82, 2.24) is 4.57 Å². The van der Waals surface area contributed by atoms with Crippen LogP contribution < -0.4 is 5.76 Å². The van der Waals surface area contributed by atoms with Crippen LogP contribution in [-0.4, -0.2) is 16.1 Å². The Bertz CT molecular complexity index is 1310. The maximum atomic E-state index is 13.4. The summed E-state index contributed by atoms with van der Waals surface area (Å²) < 4.78 is 19.8. The molecule has 0 amide bonds. The van der Waals surface area contributed by atoms with Crippen LogP contribution in [0.5, 0.6) is 0 Å². The Kier molecular flexibility index (Phi) is 4.86. The number of Topliss-reactive ketones (excluding diaryl/α,β-unsaturated/α-hetero) is 1. The van der Waals surface area contributed by atoms with Crippen molar-refractivity contribution in [3.63, 3.8) is 0 Å². The predicted octanol–water partition coefficient (Wildman–Crippen LogP) is 4.50. The van der Waals surface area contributed by atoms with Crippen molar-refractivity contribution in [3.05, 3.63) is 105 Å². The third-order valence-electron chi connectivity index (χ3n) is 4.49. The minimum atomic E-state index is -0.740. The first-order valence-corrected chi connectivity index (χ1v) is 9.03. The molecule has 4 aromatic rings. The van der Waals surface area contributed by atoms with Gasteiger partial charge in [0.05, 0.1) is 17.1 Å². The number of hydrogen-bond donors (Lipinski definition) is 0. The monoisotopic (exact) mass is 409 g/mol. The van der Waals surface area contributed by atoms with Gasteiger partial charge >= 0.3 is 5.76 Å². The lowest BCUT2D eigenvalue weighted by Crippen LogP contribution is -2.20. The van der Waals surface area contributed by atoms with E-state index in [9.17, 15) is 18.8 Å². The highest BCUT2D eigenvalue weighted by molar-refractivity contribution is 6.35. The number of fused-ring (bicyclic) bond motifs is 1. The highest BCUT2D eigenvalue weighted by Gasteiger charge is 2.20. The zero-order chi connectivity index (χ0) is 20.5. The molecule has 29 heavy (non-hydrogen) atoms. The largest absolute Gasteiger partial charge is 0.420 e. The molecule has 5 nitrogen and oxygen atoms in total. The number of rotatable bonds is 5. The predicted molar refractivity (Wildman–Crippen MR) is 106 cm³/mol. The van der Waals surface area contributed by atoms with Gasteiger partial charge < -0.3 is 4.42 Å². The molecule has 0 unspecified atom stereocenters. The summed E-state index contributed by atoms with van der Waals surface area (Å²) in [7, 11) is 0. The lowest BCUT2D eigenvalue weighted by molar-refractivity contribution is 0.0969. The van der Waals surface area contributed by atoms with Crippen LogP contribution >= 0.6 is 11.6 Å². The van der Waals surface area contributed by atoms with Crippen LogP contribution in [0.2, 0.25) is 5.02 Å². The molecule has 0 saturated heterocycles. The highest BCUT2D eigenvalue weighted by atomic mass is 35.5. The second kappa shape index (κ2) is 7.48. The number of carbonyl (C=O) groups excluding carboxylic acids is 2. The number of benzene rings is 3. The first-order chi connectivity index (χ1) is 13.9. The third-order valence-corrected chi connectivity index (χ3v) is 4.80. The molecule has 4 rings (SSSR count). The number of halogens is 2. The molecular weight excluding hydrogens is 397 g/mol. The Morgan fingerprint density at radius 3 is 2.41 bits per heavy atom. The number of carbonyl (C=O) groups is 2. The van der Waals surface area contributed by atoms with Crippen molar-refractivity contribution in [2.45, 2.75) is 6.54 Å². The van der Waals surface area contributed by atoms with E-state index in [0.717, 1.165) is 10.6 Å². The summed E-state index contributed by atoms with van der Waals surface area (Å²) in [5.41, 5.74) is 1.05. The second-order valence-electron chi connectivity index (χ2n) is 6.38. The molecule has 0 bridgehead atoms. The normalized spacial score (nSPS) is 11.0. The summed E-state index contributed by atoms with van der Waals surface area (Å²) in [6.07, 6.45) is 0. The van der Waals surface area contributed by atoms with Crippen molar-refractivity contribution < 1.29 is 18.4 Å². The zero-order valence-electron chi connectivity index (χ0n) is 14.9. The summed E-state index contributed by atoms with van der Waals surface area (Å²) in [5, 5.41) is 0.0634. The van der Waals surface area contributed by atoms with Crippen molar-refractivity contribution in [2.75, 3.05) is 0 Å². The van der Waals surface area contributed by atoms with Gasteiger partial charge in [0.15, 0.2) is 17.1 Å². The molecule has 144 valence electrons. The molecule has 0 aliphatic rings. The Labute approximate surface area is 168 Å². The lowest BCUT2D eigenvalue weighted by Gasteiger charge is -2.06. The molecule has 0 fully saturated rings. The molecule has 0 atom stereocenters. The number of oxazole rings is 1. The lowest BCUT2D eigenvalue weighted by atomic mass is 10.0. The Morgan fingerprint density at radius 2 is 1.69 bits per heavy atom. The Balaban J connectivity index is 1.74. The fourth-order valence-corrected chi connectivity index (χ4v) is 3.29. The van der Waals surface area contributed by atoms with Gasteiger partial charge in [-0.3, -0.25) is 14.2 Å². The highest BCUT2D eigenvalue weighted by Crippen LogP contribution is 2.26. The summed E-state index contributed by atoms with van der Waals surface area (Å²) in [6, 6.07) is 16.5. The molecule has 0 radical (unpaired) electrons. The molecule has 3 aromatic carbocycles. The number of nitrogens with zero attached hydrogens (tertiary/aromatic N) is 1. The zero-order valence-corrected chi connectivity index (χ0v) is 15.7. The molecule has 0 saturated carbocycles. The third kappa shape index (κ3) is 3.62. The van der Waals surface area contributed by atoms with E-state index in [-0.39, 0.29) is 34.1 Å². The SMILES string of the molecule is O=C(Cn1c(=O)oc2cc(C(=O)c3cccc(F)c3)c(Cl)cc21)c1ccccc1. The maximum Gasteiger partial charge on any atom is 0.420 e. The summed E-state index contributed by atoms with van der Waals surface area (Å²) >= 11 is 6.27. The van der Waals surface area contributed by atoms with Gasteiger partial charge in [-0.2, -0.15) is 0 Å².